The van der Waals surface area contributed by atoms with Gasteiger partial charge in [0.15, 0.2) is 0 Å². The molecule has 1 unspecified atom stereocenters. The van der Waals surface area contributed by atoms with E-state index in [0.29, 0.717) is 52.0 Å². The van der Waals surface area contributed by atoms with E-state index in [4.69, 9.17) is 42.4 Å². The lowest BCUT2D eigenvalue weighted by Gasteiger charge is -2.41. The van der Waals surface area contributed by atoms with Gasteiger partial charge in [-0.3, -0.25) is 4.79 Å². The maximum Gasteiger partial charge on any atom is 0.318 e. The fourth-order valence-electron chi connectivity index (χ4n) is 6.17. The summed E-state index contributed by atoms with van der Waals surface area (Å²) in [5, 5.41) is 2.84. The van der Waals surface area contributed by atoms with Gasteiger partial charge < -0.3 is 33.8 Å². The molecular formula is C32H35ClN6O4. The molecule has 2 aromatic carbocycles. The van der Waals surface area contributed by atoms with Crippen molar-refractivity contribution in [2.75, 3.05) is 69.0 Å². The number of hydrogen-bond acceptors (Lipinski definition) is 8. The second-order valence-electron chi connectivity index (χ2n) is 10.9. The van der Waals surface area contributed by atoms with Crippen molar-refractivity contribution in [2.24, 2.45) is 0 Å². The summed E-state index contributed by atoms with van der Waals surface area (Å²) in [7, 11) is 0. The van der Waals surface area contributed by atoms with E-state index < -0.39 is 0 Å². The Kier molecular flexibility index (Phi) is 8.93. The molecule has 3 aliphatic heterocycles. The number of nitrogens with zero attached hydrogens (tertiary/aromatic N) is 6. The van der Waals surface area contributed by atoms with E-state index in [0.717, 1.165) is 64.6 Å². The van der Waals surface area contributed by atoms with Gasteiger partial charge in [0.25, 0.3) is 0 Å². The fourth-order valence-corrected chi connectivity index (χ4v) is 6.45. The van der Waals surface area contributed by atoms with E-state index >= 15 is 0 Å². The molecule has 3 aromatic rings. The van der Waals surface area contributed by atoms with Gasteiger partial charge >= 0.3 is 6.01 Å². The molecule has 0 bridgehead atoms. The van der Waals surface area contributed by atoms with Gasteiger partial charge in [0.1, 0.15) is 18.5 Å². The topological polar surface area (TPSA) is 84.6 Å². The van der Waals surface area contributed by atoms with Crippen molar-refractivity contribution in [3.05, 3.63) is 76.8 Å². The number of carbonyl (C=O) groups excluding carboxylic acids is 1. The number of benzene rings is 2. The van der Waals surface area contributed by atoms with Crippen LogP contribution in [0.1, 0.15) is 17.7 Å². The fraction of sp³-hybridized carbons (Fsp3) is 0.438. The highest BCUT2D eigenvalue weighted by Crippen LogP contribution is 2.37. The van der Waals surface area contributed by atoms with Crippen LogP contribution in [0.15, 0.2) is 49.1 Å². The molecule has 2 fully saturated rings. The predicted octanol–water partition coefficient (Wildman–Crippen LogP) is 4.15. The molecule has 43 heavy (non-hydrogen) atoms. The van der Waals surface area contributed by atoms with Crippen molar-refractivity contribution in [1.82, 2.24) is 14.9 Å². The molecule has 1 aromatic heterocycles. The van der Waals surface area contributed by atoms with Crippen molar-refractivity contribution >= 4 is 39.8 Å². The molecule has 224 valence electrons. The highest BCUT2D eigenvalue weighted by molar-refractivity contribution is 6.36. The molecule has 11 heteroatoms. The number of amides is 1. The van der Waals surface area contributed by atoms with E-state index in [-0.39, 0.29) is 24.6 Å². The summed E-state index contributed by atoms with van der Waals surface area (Å²) >= 11 is 6.68. The molecule has 0 spiro atoms. The average Bonchev–Trinajstić information content (AvgIpc) is 3.56. The van der Waals surface area contributed by atoms with Gasteiger partial charge in [-0.05, 0) is 36.4 Å². The summed E-state index contributed by atoms with van der Waals surface area (Å²) in [6.45, 7) is 16.3. The van der Waals surface area contributed by atoms with Gasteiger partial charge in [-0.25, -0.2) is 6.57 Å². The molecule has 1 amide bonds. The third-order valence-electron chi connectivity index (χ3n) is 8.29. The number of hydrogen-bond donors (Lipinski definition) is 0. The van der Waals surface area contributed by atoms with Gasteiger partial charge in [0.05, 0.1) is 36.6 Å². The number of halogens is 1. The van der Waals surface area contributed by atoms with Crippen LogP contribution in [0.5, 0.6) is 6.01 Å². The molecule has 0 saturated carbocycles. The average molecular weight is 603 g/mol. The van der Waals surface area contributed by atoms with Crippen LogP contribution >= 0.6 is 11.6 Å². The summed E-state index contributed by atoms with van der Waals surface area (Å²) in [6.07, 6.45) is 3.03. The summed E-state index contributed by atoms with van der Waals surface area (Å²) in [5.41, 5.74) is 3.03. The lowest BCUT2D eigenvalue weighted by Crippen LogP contribution is -2.56. The van der Waals surface area contributed by atoms with Gasteiger partial charge in [0, 0.05) is 49.4 Å². The smallest absolute Gasteiger partial charge is 0.318 e. The summed E-state index contributed by atoms with van der Waals surface area (Å²) < 4.78 is 17.3. The Morgan fingerprint density at radius 3 is 2.81 bits per heavy atom. The first-order valence-corrected chi connectivity index (χ1v) is 15.1. The van der Waals surface area contributed by atoms with E-state index in [2.05, 4.69) is 45.5 Å². The largest absolute Gasteiger partial charge is 0.461 e. The highest BCUT2D eigenvalue weighted by Gasteiger charge is 2.35. The van der Waals surface area contributed by atoms with Crippen LogP contribution in [0.2, 0.25) is 5.02 Å². The number of rotatable bonds is 9. The minimum Gasteiger partial charge on any atom is -0.461 e. The van der Waals surface area contributed by atoms with Crippen LogP contribution in [0.25, 0.3) is 15.6 Å². The van der Waals surface area contributed by atoms with Crippen LogP contribution in [0, 0.1) is 6.57 Å². The molecule has 0 radical (unpaired) electrons. The van der Waals surface area contributed by atoms with Crippen LogP contribution in [-0.2, 0) is 27.2 Å². The summed E-state index contributed by atoms with van der Waals surface area (Å²) in [6, 6.07) is 12.2. The van der Waals surface area contributed by atoms with Crippen LogP contribution in [0.3, 0.4) is 0 Å². The zero-order valence-corrected chi connectivity index (χ0v) is 24.8. The maximum absolute atomic E-state index is 12.5. The molecule has 3 aliphatic rings. The van der Waals surface area contributed by atoms with Gasteiger partial charge in [-0.15, -0.1) is 0 Å². The minimum atomic E-state index is -0.258. The highest BCUT2D eigenvalue weighted by atomic mass is 35.5. The third kappa shape index (κ3) is 6.25. The minimum absolute atomic E-state index is 0.0960. The molecule has 2 saturated heterocycles. The van der Waals surface area contributed by atoms with Crippen molar-refractivity contribution in [3.8, 4) is 6.01 Å². The van der Waals surface area contributed by atoms with Crippen LogP contribution in [-0.4, -0.2) is 92.1 Å². The molecule has 6 rings (SSSR count). The van der Waals surface area contributed by atoms with E-state index in [1.54, 1.807) is 4.90 Å². The van der Waals surface area contributed by atoms with Crippen LogP contribution in [0.4, 0.5) is 11.5 Å². The van der Waals surface area contributed by atoms with Crippen molar-refractivity contribution in [2.45, 2.75) is 31.5 Å². The van der Waals surface area contributed by atoms with Crippen molar-refractivity contribution < 1.29 is 19.0 Å². The van der Waals surface area contributed by atoms with Crippen molar-refractivity contribution in [3.63, 3.8) is 0 Å². The van der Waals surface area contributed by atoms with Crippen molar-refractivity contribution in [1.29, 1.82) is 0 Å². The first kappa shape index (κ1) is 29.2. The Morgan fingerprint density at radius 1 is 1.16 bits per heavy atom. The van der Waals surface area contributed by atoms with Gasteiger partial charge in [0.2, 0.25) is 12.5 Å². The number of ether oxygens (including phenoxy) is 3. The molecule has 4 heterocycles. The number of anilines is 2. The first-order chi connectivity index (χ1) is 21.1. The quantitative estimate of drug-likeness (QED) is 0.205. The second kappa shape index (κ2) is 13.2. The number of aromatic nitrogens is 2. The zero-order valence-electron chi connectivity index (χ0n) is 24.1. The monoisotopic (exact) mass is 602 g/mol. The second-order valence-corrected chi connectivity index (χ2v) is 11.3. The van der Waals surface area contributed by atoms with E-state index in [1.807, 2.05) is 12.1 Å². The number of fused-ring (bicyclic) bond motifs is 2. The Hall–Kier alpha value is -3.91. The predicted molar refractivity (Wildman–Crippen MR) is 166 cm³/mol. The molecule has 0 N–H and O–H groups in total. The summed E-state index contributed by atoms with van der Waals surface area (Å²) in [4.78, 5) is 32.1. The van der Waals surface area contributed by atoms with E-state index in [1.165, 1.54) is 6.08 Å². The molecule has 10 nitrogen and oxygen atoms in total. The van der Waals surface area contributed by atoms with Crippen LogP contribution < -0.4 is 14.5 Å². The van der Waals surface area contributed by atoms with Gasteiger partial charge in [-0.1, -0.05) is 42.4 Å². The summed E-state index contributed by atoms with van der Waals surface area (Å²) in [5.74, 6) is 0.653. The van der Waals surface area contributed by atoms with Gasteiger partial charge in [-0.2, -0.15) is 9.97 Å². The molecule has 2 atom stereocenters. The zero-order chi connectivity index (χ0) is 29.8. The molecule has 0 aliphatic carbocycles. The lowest BCUT2D eigenvalue weighted by molar-refractivity contribution is -0.128. The number of carbonyl (C=O) groups is 1. The van der Waals surface area contributed by atoms with E-state index in [9.17, 15) is 4.79 Å². The lowest BCUT2D eigenvalue weighted by atomic mass is 10.0. The normalized spacial score (nSPS) is 20.1. The number of piperazine rings is 1. The Labute approximate surface area is 256 Å². The Balaban J connectivity index is 1.29. The molecular weight excluding hydrogens is 568 g/mol. The Bertz CT molecular complexity index is 1530. The first-order valence-electron chi connectivity index (χ1n) is 14.7. The standard InChI is InChI=1S/C32H35ClN6O4/c1-3-29(40)39-14-13-38(19-23(39)18-34-2)31-25-10-12-37(28-9-5-7-22-6-4-8-26(33)30(22)28)20-27(25)35-32(36-31)43-17-16-42-24-11-15-41-21-24/h3-9,23-24H,1,10-21H2/t23-,24?/m0/s1. The SMILES string of the molecule is [C-]#[N+]C[C@H]1CN(c2nc(OCCOC3CCOC3)nc3c2CCN(c2cccc4cccc(Cl)c24)C3)CCN1C(=O)C=C. The third-order valence-corrected chi connectivity index (χ3v) is 8.61. The maximum atomic E-state index is 12.5. The Morgan fingerprint density at radius 2 is 2.02 bits per heavy atom.